The Kier molecular flexibility index (Phi) is 6.14. The molecule has 1 aromatic carbocycles. The number of aromatic nitrogens is 3. The maximum absolute atomic E-state index is 12.7. The molecule has 0 atom stereocenters. The van der Waals surface area contributed by atoms with Gasteiger partial charge in [-0.3, -0.25) is 9.78 Å². The van der Waals surface area contributed by atoms with Crippen molar-refractivity contribution in [3.63, 3.8) is 0 Å². The van der Waals surface area contributed by atoms with Crippen molar-refractivity contribution in [1.82, 2.24) is 19.9 Å². The molecule has 1 amide bonds. The molecule has 3 aromatic rings. The highest BCUT2D eigenvalue weighted by molar-refractivity contribution is 5.78. The van der Waals surface area contributed by atoms with Crippen molar-refractivity contribution in [2.24, 2.45) is 0 Å². The number of anilines is 2. The quantitative estimate of drug-likeness (QED) is 0.674. The van der Waals surface area contributed by atoms with E-state index in [1.807, 2.05) is 42.5 Å². The van der Waals surface area contributed by atoms with E-state index in [1.165, 1.54) is 0 Å². The second-order valence-corrected chi connectivity index (χ2v) is 6.82. The Morgan fingerprint density at radius 1 is 1.17 bits per heavy atom. The van der Waals surface area contributed by atoms with E-state index in [2.05, 4.69) is 20.3 Å². The number of nitrogens with zero attached hydrogens (tertiary/aromatic N) is 4. The molecular formula is C22H23N5O3. The van der Waals surface area contributed by atoms with Gasteiger partial charge in [0.05, 0.1) is 44.3 Å². The number of hydrogen-bond acceptors (Lipinski definition) is 7. The molecule has 4 rings (SSSR count). The second kappa shape index (κ2) is 9.32. The number of hydrogen-bond donors (Lipinski definition) is 1. The lowest BCUT2D eigenvalue weighted by atomic mass is 10.1. The number of pyridine rings is 1. The van der Waals surface area contributed by atoms with Crippen LogP contribution in [0.3, 0.4) is 0 Å². The van der Waals surface area contributed by atoms with Gasteiger partial charge in [0.1, 0.15) is 17.4 Å². The summed E-state index contributed by atoms with van der Waals surface area (Å²) < 4.78 is 10.7. The average Bonchev–Trinajstić information content (AvgIpc) is 2.80. The summed E-state index contributed by atoms with van der Waals surface area (Å²) in [5.41, 5.74) is 2.39. The summed E-state index contributed by atoms with van der Waals surface area (Å²) in [6.07, 6.45) is 3.55. The van der Waals surface area contributed by atoms with Crippen molar-refractivity contribution >= 4 is 17.4 Å². The minimum absolute atomic E-state index is 0.00609. The number of morpholine rings is 1. The fourth-order valence-electron chi connectivity index (χ4n) is 3.21. The predicted molar refractivity (Wildman–Crippen MR) is 113 cm³/mol. The summed E-state index contributed by atoms with van der Waals surface area (Å²) in [6, 6.07) is 13.2. The minimum atomic E-state index is -0.00609. The highest BCUT2D eigenvalue weighted by Crippen LogP contribution is 2.25. The Morgan fingerprint density at radius 3 is 2.80 bits per heavy atom. The van der Waals surface area contributed by atoms with Crippen LogP contribution >= 0.6 is 0 Å². The average molecular weight is 405 g/mol. The van der Waals surface area contributed by atoms with E-state index in [0.29, 0.717) is 43.6 Å². The van der Waals surface area contributed by atoms with Crippen LogP contribution in [0.15, 0.2) is 54.9 Å². The Bertz CT molecular complexity index is 1010. The highest BCUT2D eigenvalue weighted by atomic mass is 16.5. The molecule has 1 fully saturated rings. The van der Waals surface area contributed by atoms with Gasteiger partial charge in [0.2, 0.25) is 5.91 Å². The van der Waals surface area contributed by atoms with Crippen LogP contribution in [0.25, 0.3) is 11.3 Å². The number of methoxy groups -OCH3 is 1. The zero-order valence-corrected chi connectivity index (χ0v) is 16.7. The van der Waals surface area contributed by atoms with Crippen molar-refractivity contribution in [3.05, 3.63) is 60.7 Å². The fraction of sp³-hybridized carbons (Fsp3) is 0.273. The van der Waals surface area contributed by atoms with Crippen LogP contribution in [0, 0.1) is 0 Å². The largest absolute Gasteiger partial charge is 0.497 e. The van der Waals surface area contributed by atoms with Crippen molar-refractivity contribution in [2.75, 3.05) is 38.7 Å². The van der Waals surface area contributed by atoms with Gasteiger partial charge in [0.25, 0.3) is 0 Å². The third-order valence-corrected chi connectivity index (χ3v) is 4.75. The van der Waals surface area contributed by atoms with Gasteiger partial charge in [-0.2, -0.15) is 0 Å². The molecule has 0 radical (unpaired) electrons. The molecular weight excluding hydrogens is 382 g/mol. The van der Waals surface area contributed by atoms with Gasteiger partial charge < -0.3 is 19.7 Å². The summed E-state index contributed by atoms with van der Waals surface area (Å²) in [5, 5.41) is 3.25. The number of carbonyl (C=O) groups excluding carboxylic acids is 1. The van der Waals surface area contributed by atoms with E-state index in [4.69, 9.17) is 9.47 Å². The summed E-state index contributed by atoms with van der Waals surface area (Å²) in [5.74, 6) is 1.78. The Hall–Kier alpha value is -3.52. The first-order chi connectivity index (χ1) is 14.7. The van der Waals surface area contributed by atoms with Crippen LogP contribution in [-0.4, -0.2) is 59.2 Å². The lowest BCUT2D eigenvalue weighted by molar-refractivity contribution is -0.134. The third-order valence-electron chi connectivity index (χ3n) is 4.75. The monoisotopic (exact) mass is 405 g/mol. The molecule has 0 aliphatic carbocycles. The zero-order chi connectivity index (χ0) is 20.8. The number of ether oxygens (including phenoxy) is 2. The molecule has 1 N–H and O–H groups in total. The van der Waals surface area contributed by atoms with Crippen LogP contribution in [0.2, 0.25) is 0 Å². The summed E-state index contributed by atoms with van der Waals surface area (Å²) >= 11 is 0. The van der Waals surface area contributed by atoms with Crippen molar-refractivity contribution in [2.45, 2.75) is 6.42 Å². The maximum atomic E-state index is 12.7. The topological polar surface area (TPSA) is 89.5 Å². The van der Waals surface area contributed by atoms with Gasteiger partial charge in [-0.15, -0.1) is 0 Å². The van der Waals surface area contributed by atoms with Crippen LogP contribution in [0.1, 0.15) is 5.82 Å². The van der Waals surface area contributed by atoms with Gasteiger partial charge >= 0.3 is 0 Å². The molecule has 1 aliphatic heterocycles. The molecule has 2 aromatic heterocycles. The van der Waals surface area contributed by atoms with Gasteiger partial charge in [-0.25, -0.2) is 9.97 Å². The Morgan fingerprint density at radius 2 is 2.03 bits per heavy atom. The summed E-state index contributed by atoms with van der Waals surface area (Å²) in [6.45, 7) is 2.30. The first-order valence-corrected chi connectivity index (χ1v) is 9.76. The van der Waals surface area contributed by atoms with Crippen molar-refractivity contribution < 1.29 is 14.3 Å². The van der Waals surface area contributed by atoms with Crippen LogP contribution in [0.4, 0.5) is 11.5 Å². The molecule has 30 heavy (non-hydrogen) atoms. The first-order valence-electron chi connectivity index (χ1n) is 9.76. The molecule has 0 unspecified atom stereocenters. The number of carbonyl (C=O) groups is 1. The van der Waals surface area contributed by atoms with Gasteiger partial charge in [0.15, 0.2) is 0 Å². The van der Waals surface area contributed by atoms with E-state index in [1.54, 1.807) is 24.4 Å². The molecule has 0 bridgehead atoms. The van der Waals surface area contributed by atoms with E-state index >= 15 is 0 Å². The van der Waals surface area contributed by atoms with Crippen molar-refractivity contribution in [1.29, 1.82) is 0 Å². The minimum Gasteiger partial charge on any atom is -0.497 e. The number of benzene rings is 1. The molecule has 0 saturated carbocycles. The molecule has 8 nitrogen and oxygen atoms in total. The molecule has 8 heteroatoms. The van der Waals surface area contributed by atoms with Gasteiger partial charge in [-0.05, 0) is 24.3 Å². The smallest absolute Gasteiger partial charge is 0.230 e. The van der Waals surface area contributed by atoms with Gasteiger partial charge in [-0.1, -0.05) is 12.1 Å². The SMILES string of the molecule is COc1cccc(-c2cc(Nc3cccnc3)nc(CC(=O)N3CCOCC3)n2)c1. The third kappa shape index (κ3) is 4.90. The molecule has 1 aliphatic rings. The summed E-state index contributed by atoms with van der Waals surface area (Å²) in [4.78, 5) is 27.9. The maximum Gasteiger partial charge on any atom is 0.230 e. The second-order valence-electron chi connectivity index (χ2n) is 6.82. The molecule has 3 heterocycles. The molecule has 154 valence electrons. The van der Waals surface area contributed by atoms with Crippen LogP contribution in [-0.2, 0) is 16.0 Å². The Labute approximate surface area is 174 Å². The first kappa shape index (κ1) is 19.8. The Balaban J connectivity index is 1.65. The molecule has 1 saturated heterocycles. The predicted octanol–water partition coefficient (Wildman–Crippen LogP) is 2.69. The normalized spacial score (nSPS) is 13.7. The van der Waals surface area contributed by atoms with Gasteiger partial charge in [0, 0.05) is 30.9 Å². The van der Waals surface area contributed by atoms with E-state index in [-0.39, 0.29) is 12.3 Å². The number of amides is 1. The fourth-order valence-corrected chi connectivity index (χ4v) is 3.21. The van der Waals surface area contributed by atoms with Crippen LogP contribution in [0.5, 0.6) is 5.75 Å². The van der Waals surface area contributed by atoms with Crippen molar-refractivity contribution in [3.8, 4) is 17.0 Å². The standard InChI is InChI=1S/C22H23N5O3/c1-29-18-6-2-4-16(12-18)19-13-20(24-17-5-3-7-23-15-17)26-21(25-19)14-22(28)27-8-10-30-11-9-27/h2-7,12-13,15H,8-11,14H2,1H3,(H,24,25,26). The zero-order valence-electron chi connectivity index (χ0n) is 16.7. The lowest BCUT2D eigenvalue weighted by Crippen LogP contribution is -2.41. The number of nitrogens with one attached hydrogen (secondary N) is 1. The van der Waals surface area contributed by atoms with E-state index in [9.17, 15) is 4.79 Å². The van der Waals surface area contributed by atoms with E-state index < -0.39 is 0 Å². The molecule has 0 spiro atoms. The lowest BCUT2D eigenvalue weighted by Gasteiger charge is -2.26. The van der Waals surface area contributed by atoms with E-state index in [0.717, 1.165) is 17.0 Å². The highest BCUT2D eigenvalue weighted by Gasteiger charge is 2.19. The van der Waals surface area contributed by atoms with Crippen LogP contribution < -0.4 is 10.1 Å². The number of rotatable bonds is 6. The summed E-state index contributed by atoms with van der Waals surface area (Å²) in [7, 11) is 1.63.